The van der Waals surface area contributed by atoms with Gasteiger partial charge in [0.2, 0.25) is 0 Å². The van der Waals surface area contributed by atoms with Crippen molar-refractivity contribution in [1.82, 2.24) is 10.6 Å². The molecule has 0 heterocycles. The minimum Gasteiger partial charge on any atom is -0.391 e. The van der Waals surface area contributed by atoms with E-state index in [1.807, 2.05) is 44.3 Å². The lowest BCUT2D eigenvalue weighted by atomic mass is 9.94. The Morgan fingerprint density at radius 1 is 1.03 bits per heavy atom. The molecule has 0 spiro atoms. The smallest absolute Gasteiger partial charge is 0.252 e. The standard InChI is InChI=1S/C30H36N2O2/c1-6-24-14-13-20(2)28(16-24)30(34)32-23(5)29-18-26(17-25-11-7-8-12-27(25)29)21(3)19-31-15-9-10-22(4)33/h7-8,11-14,16-19,23,31H,6,9-10,15H2,1-5H3,(H,32,34)/b21-19+. The number of benzene rings is 3. The Hall–Kier alpha value is -3.40. The second-order valence-electron chi connectivity index (χ2n) is 9.07. The van der Waals surface area contributed by atoms with Crippen LogP contribution in [0.3, 0.4) is 0 Å². The van der Waals surface area contributed by atoms with Crippen LogP contribution in [0.2, 0.25) is 0 Å². The number of rotatable bonds is 10. The van der Waals surface area contributed by atoms with E-state index in [0.29, 0.717) is 6.42 Å². The van der Waals surface area contributed by atoms with Gasteiger partial charge >= 0.3 is 0 Å². The summed E-state index contributed by atoms with van der Waals surface area (Å²) in [4.78, 5) is 24.3. The third-order valence-electron chi connectivity index (χ3n) is 6.29. The SMILES string of the molecule is CCc1ccc(C)c(C(=O)NC(C)c2cc(/C(C)=C/NCCCC(C)=O)cc3ccccc23)c1. The second kappa shape index (κ2) is 11.6. The van der Waals surface area contributed by atoms with E-state index in [4.69, 9.17) is 0 Å². The molecule has 2 N–H and O–H groups in total. The monoisotopic (exact) mass is 456 g/mol. The summed E-state index contributed by atoms with van der Waals surface area (Å²) in [5.74, 6) is 0.170. The van der Waals surface area contributed by atoms with Gasteiger partial charge in [0.05, 0.1) is 6.04 Å². The van der Waals surface area contributed by atoms with Crippen LogP contribution in [0.25, 0.3) is 16.3 Å². The molecule has 0 aromatic heterocycles. The van der Waals surface area contributed by atoms with E-state index in [9.17, 15) is 9.59 Å². The van der Waals surface area contributed by atoms with Crippen LogP contribution >= 0.6 is 0 Å². The fourth-order valence-corrected chi connectivity index (χ4v) is 4.16. The number of amides is 1. The molecule has 1 atom stereocenters. The number of carbonyl (C=O) groups is 2. The maximum absolute atomic E-state index is 13.2. The number of carbonyl (C=O) groups excluding carboxylic acids is 2. The predicted octanol–water partition coefficient (Wildman–Crippen LogP) is 6.52. The van der Waals surface area contributed by atoms with Crippen molar-refractivity contribution in [2.75, 3.05) is 6.54 Å². The summed E-state index contributed by atoms with van der Waals surface area (Å²) in [7, 11) is 0. The first-order chi connectivity index (χ1) is 16.3. The van der Waals surface area contributed by atoms with E-state index in [2.05, 4.69) is 54.8 Å². The Morgan fingerprint density at radius 2 is 1.79 bits per heavy atom. The quantitative estimate of drug-likeness (QED) is 0.341. The van der Waals surface area contributed by atoms with Crippen LogP contribution in [-0.2, 0) is 11.2 Å². The van der Waals surface area contributed by atoms with Crippen molar-refractivity contribution in [3.05, 3.63) is 88.6 Å². The Kier molecular flexibility index (Phi) is 8.64. The first kappa shape index (κ1) is 25.2. The van der Waals surface area contributed by atoms with Crippen LogP contribution in [0.5, 0.6) is 0 Å². The molecule has 0 fully saturated rings. The molecule has 3 aromatic rings. The zero-order valence-electron chi connectivity index (χ0n) is 21.0. The summed E-state index contributed by atoms with van der Waals surface area (Å²) in [6.45, 7) is 10.6. The largest absolute Gasteiger partial charge is 0.391 e. The second-order valence-corrected chi connectivity index (χ2v) is 9.07. The van der Waals surface area contributed by atoms with Crippen LogP contribution < -0.4 is 10.6 Å². The highest BCUT2D eigenvalue weighted by molar-refractivity contribution is 5.97. The van der Waals surface area contributed by atoms with E-state index in [-0.39, 0.29) is 17.7 Å². The molecule has 4 heteroatoms. The summed E-state index contributed by atoms with van der Waals surface area (Å²) in [6, 6.07) is 18.6. The lowest BCUT2D eigenvalue weighted by molar-refractivity contribution is -0.117. The van der Waals surface area contributed by atoms with E-state index in [1.54, 1.807) is 6.92 Å². The normalized spacial score (nSPS) is 12.4. The molecule has 0 saturated heterocycles. The predicted molar refractivity (Wildman–Crippen MR) is 142 cm³/mol. The molecule has 4 nitrogen and oxygen atoms in total. The Bertz CT molecular complexity index is 1210. The zero-order chi connectivity index (χ0) is 24.7. The highest BCUT2D eigenvalue weighted by atomic mass is 16.1. The van der Waals surface area contributed by atoms with Crippen LogP contribution in [0.15, 0.2) is 60.8 Å². The average Bonchev–Trinajstić information content (AvgIpc) is 2.82. The molecular formula is C30H36N2O2. The van der Waals surface area contributed by atoms with Gasteiger partial charge in [-0.3, -0.25) is 4.79 Å². The molecular weight excluding hydrogens is 420 g/mol. The number of hydrogen-bond acceptors (Lipinski definition) is 3. The minimum absolute atomic E-state index is 0.0470. The van der Waals surface area contributed by atoms with E-state index in [0.717, 1.165) is 63.5 Å². The summed E-state index contributed by atoms with van der Waals surface area (Å²) in [5, 5.41) is 8.83. The van der Waals surface area contributed by atoms with Crippen molar-refractivity contribution in [1.29, 1.82) is 0 Å². The van der Waals surface area contributed by atoms with Gasteiger partial charge in [-0.1, -0.05) is 43.3 Å². The van der Waals surface area contributed by atoms with Gasteiger partial charge in [0, 0.05) is 18.5 Å². The molecule has 0 aliphatic heterocycles. The van der Waals surface area contributed by atoms with Gasteiger partial charge in [0.15, 0.2) is 0 Å². The number of hydrogen-bond donors (Lipinski definition) is 2. The highest BCUT2D eigenvalue weighted by Gasteiger charge is 2.17. The van der Waals surface area contributed by atoms with Crippen molar-refractivity contribution in [2.45, 2.75) is 59.9 Å². The van der Waals surface area contributed by atoms with Gasteiger partial charge in [-0.15, -0.1) is 0 Å². The topological polar surface area (TPSA) is 58.2 Å². The van der Waals surface area contributed by atoms with Gasteiger partial charge in [-0.25, -0.2) is 0 Å². The maximum Gasteiger partial charge on any atom is 0.252 e. The minimum atomic E-state index is -0.154. The fraction of sp³-hybridized carbons (Fsp3) is 0.333. The van der Waals surface area contributed by atoms with Gasteiger partial charge in [-0.05, 0) is 104 Å². The van der Waals surface area contributed by atoms with Gasteiger partial charge in [0.25, 0.3) is 5.91 Å². The molecule has 1 amide bonds. The number of ketones is 1. The summed E-state index contributed by atoms with van der Waals surface area (Å²) in [6.07, 6.45) is 4.33. The average molecular weight is 457 g/mol. The van der Waals surface area contributed by atoms with Gasteiger partial charge in [-0.2, -0.15) is 0 Å². The number of fused-ring (bicyclic) bond motifs is 1. The molecule has 0 saturated carbocycles. The molecule has 0 aliphatic carbocycles. The molecule has 0 aliphatic rings. The Morgan fingerprint density at radius 3 is 2.53 bits per heavy atom. The lowest BCUT2D eigenvalue weighted by Crippen LogP contribution is -2.27. The first-order valence-corrected chi connectivity index (χ1v) is 12.1. The third kappa shape index (κ3) is 6.34. The number of Topliss-reactive ketones (excluding diaryl/α,β-unsaturated/α-hetero) is 1. The molecule has 1 unspecified atom stereocenters. The summed E-state index contributed by atoms with van der Waals surface area (Å²) < 4.78 is 0. The molecule has 0 radical (unpaired) electrons. The number of allylic oxidation sites excluding steroid dienone is 1. The van der Waals surface area contributed by atoms with Crippen LogP contribution in [0.1, 0.15) is 79.2 Å². The summed E-state index contributed by atoms with van der Waals surface area (Å²) in [5.41, 5.74) is 6.19. The Labute approximate surface area is 203 Å². The van der Waals surface area contributed by atoms with Crippen LogP contribution in [-0.4, -0.2) is 18.2 Å². The number of aryl methyl sites for hydroxylation is 2. The third-order valence-corrected chi connectivity index (χ3v) is 6.29. The molecule has 3 aromatic carbocycles. The first-order valence-electron chi connectivity index (χ1n) is 12.1. The van der Waals surface area contributed by atoms with Crippen molar-refractivity contribution < 1.29 is 9.59 Å². The number of nitrogens with one attached hydrogen (secondary N) is 2. The van der Waals surface area contributed by atoms with E-state index >= 15 is 0 Å². The van der Waals surface area contributed by atoms with Gasteiger partial charge in [0.1, 0.15) is 5.78 Å². The van der Waals surface area contributed by atoms with E-state index in [1.165, 1.54) is 0 Å². The molecule has 178 valence electrons. The molecule has 0 bridgehead atoms. The van der Waals surface area contributed by atoms with Crippen LogP contribution in [0, 0.1) is 6.92 Å². The summed E-state index contributed by atoms with van der Waals surface area (Å²) >= 11 is 0. The fourth-order valence-electron chi connectivity index (χ4n) is 4.16. The van der Waals surface area contributed by atoms with Gasteiger partial charge < -0.3 is 15.4 Å². The van der Waals surface area contributed by atoms with Crippen molar-refractivity contribution >= 4 is 28.0 Å². The highest BCUT2D eigenvalue weighted by Crippen LogP contribution is 2.29. The van der Waals surface area contributed by atoms with Crippen molar-refractivity contribution in [2.24, 2.45) is 0 Å². The maximum atomic E-state index is 13.2. The Balaban J connectivity index is 1.86. The lowest BCUT2D eigenvalue weighted by Gasteiger charge is -2.19. The van der Waals surface area contributed by atoms with Crippen molar-refractivity contribution in [3.63, 3.8) is 0 Å². The van der Waals surface area contributed by atoms with E-state index < -0.39 is 0 Å². The molecule has 34 heavy (non-hydrogen) atoms. The molecule has 3 rings (SSSR count). The zero-order valence-corrected chi connectivity index (χ0v) is 21.0. The van der Waals surface area contributed by atoms with Crippen molar-refractivity contribution in [3.8, 4) is 0 Å². The van der Waals surface area contributed by atoms with Crippen LogP contribution in [0.4, 0.5) is 0 Å².